The third-order valence-electron chi connectivity index (χ3n) is 3.19. The van der Waals surface area contributed by atoms with Crippen LogP contribution in [0.2, 0.25) is 0 Å². The number of carbonyl (C=O) groups is 1. The Morgan fingerprint density at radius 1 is 1.20 bits per heavy atom. The summed E-state index contributed by atoms with van der Waals surface area (Å²) in [6, 6.07) is 6.38. The number of likely N-dealkylation sites (N-methyl/N-ethyl adjacent to an activating group) is 1. The van der Waals surface area contributed by atoms with Crippen molar-refractivity contribution in [3.8, 4) is 0 Å². The van der Waals surface area contributed by atoms with Gasteiger partial charge in [0.1, 0.15) is 0 Å². The molecule has 1 rings (SSSR count). The number of nitrogens with zero attached hydrogens (tertiary/aromatic N) is 2. The van der Waals surface area contributed by atoms with Crippen LogP contribution in [0, 0.1) is 0 Å². The number of hydrogen-bond acceptors (Lipinski definition) is 4. The highest BCUT2D eigenvalue weighted by atomic mass is 32.2. The summed E-state index contributed by atoms with van der Waals surface area (Å²) in [5.74, 6) is -0.897. The molecule has 1 aromatic rings. The molecule has 0 spiro atoms. The topological polar surface area (TPSA) is 77.9 Å². The summed E-state index contributed by atoms with van der Waals surface area (Å²) >= 11 is 0. The van der Waals surface area contributed by atoms with Gasteiger partial charge in [-0.2, -0.15) is 0 Å². The SMILES string of the molecule is CC(c1ccc(S(=O)(=O)N(C)C)cc1)N(C)CC(=O)O. The van der Waals surface area contributed by atoms with Gasteiger partial charge in [0, 0.05) is 20.1 Å². The fourth-order valence-corrected chi connectivity index (χ4v) is 2.64. The quantitative estimate of drug-likeness (QED) is 0.848. The van der Waals surface area contributed by atoms with Gasteiger partial charge in [0.15, 0.2) is 0 Å². The highest BCUT2D eigenvalue weighted by molar-refractivity contribution is 7.89. The van der Waals surface area contributed by atoms with Crippen molar-refractivity contribution in [2.45, 2.75) is 17.9 Å². The van der Waals surface area contributed by atoms with Crippen molar-refractivity contribution in [1.29, 1.82) is 0 Å². The standard InChI is InChI=1S/C13H20N2O4S/c1-10(15(4)9-13(16)17)11-5-7-12(8-6-11)20(18,19)14(2)3/h5-8,10H,9H2,1-4H3,(H,16,17). The number of carboxylic acids is 1. The number of benzene rings is 1. The van der Waals surface area contributed by atoms with E-state index in [0.29, 0.717) is 0 Å². The summed E-state index contributed by atoms with van der Waals surface area (Å²) in [6.07, 6.45) is 0. The van der Waals surface area contributed by atoms with E-state index >= 15 is 0 Å². The Kier molecular flexibility index (Phi) is 5.27. The molecule has 1 unspecified atom stereocenters. The van der Waals surface area contributed by atoms with E-state index in [1.54, 1.807) is 24.1 Å². The molecule has 7 heteroatoms. The molecule has 1 aromatic carbocycles. The molecule has 0 aliphatic carbocycles. The van der Waals surface area contributed by atoms with Crippen molar-refractivity contribution >= 4 is 16.0 Å². The Hall–Kier alpha value is -1.44. The Morgan fingerprint density at radius 2 is 1.70 bits per heavy atom. The van der Waals surface area contributed by atoms with Crippen LogP contribution in [0.15, 0.2) is 29.2 Å². The number of aliphatic carboxylic acids is 1. The predicted molar refractivity (Wildman–Crippen MR) is 76.0 cm³/mol. The van der Waals surface area contributed by atoms with Gasteiger partial charge in [-0.3, -0.25) is 9.69 Å². The van der Waals surface area contributed by atoms with Crippen molar-refractivity contribution in [2.24, 2.45) is 0 Å². The van der Waals surface area contributed by atoms with Crippen LogP contribution in [0.25, 0.3) is 0 Å². The van der Waals surface area contributed by atoms with Crippen molar-refractivity contribution in [2.75, 3.05) is 27.7 Å². The largest absolute Gasteiger partial charge is 0.480 e. The van der Waals surface area contributed by atoms with Gasteiger partial charge >= 0.3 is 5.97 Å². The molecule has 0 aromatic heterocycles. The average Bonchev–Trinajstić information content (AvgIpc) is 2.37. The van der Waals surface area contributed by atoms with Gasteiger partial charge in [0.05, 0.1) is 11.4 Å². The van der Waals surface area contributed by atoms with E-state index in [1.165, 1.54) is 26.2 Å². The average molecular weight is 300 g/mol. The molecule has 112 valence electrons. The lowest BCUT2D eigenvalue weighted by Gasteiger charge is -2.23. The van der Waals surface area contributed by atoms with Gasteiger partial charge in [-0.1, -0.05) is 12.1 Å². The second kappa shape index (κ2) is 6.34. The van der Waals surface area contributed by atoms with Gasteiger partial charge in [-0.25, -0.2) is 12.7 Å². The zero-order chi connectivity index (χ0) is 15.5. The first-order valence-corrected chi connectivity index (χ1v) is 7.54. The summed E-state index contributed by atoms with van der Waals surface area (Å²) in [4.78, 5) is 12.6. The molecular weight excluding hydrogens is 280 g/mol. The number of hydrogen-bond donors (Lipinski definition) is 1. The molecule has 0 aliphatic rings. The molecular formula is C13H20N2O4S. The van der Waals surface area contributed by atoms with Gasteiger partial charge in [-0.05, 0) is 31.7 Å². The van der Waals surface area contributed by atoms with E-state index in [9.17, 15) is 13.2 Å². The maximum Gasteiger partial charge on any atom is 0.317 e. The molecule has 20 heavy (non-hydrogen) atoms. The summed E-state index contributed by atoms with van der Waals surface area (Å²) in [5, 5.41) is 8.77. The molecule has 0 heterocycles. The predicted octanol–water partition coefficient (Wildman–Crippen LogP) is 1.01. The van der Waals surface area contributed by atoms with Crippen LogP contribution >= 0.6 is 0 Å². The second-order valence-corrected chi connectivity index (χ2v) is 6.99. The van der Waals surface area contributed by atoms with Crippen molar-refractivity contribution in [3.05, 3.63) is 29.8 Å². The first-order chi connectivity index (χ1) is 9.16. The molecule has 0 radical (unpaired) electrons. The monoisotopic (exact) mass is 300 g/mol. The smallest absolute Gasteiger partial charge is 0.317 e. The lowest BCUT2D eigenvalue weighted by Crippen LogP contribution is -2.28. The summed E-state index contributed by atoms with van der Waals surface area (Å²) in [6.45, 7) is 1.80. The van der Waals surface area contributed by atoms with Crippen LogP contribution in [0.5, 0.6) is 0 Å². The Bertz CT molecular complexity index is 567. The van der Waals surface area contributed by atoms with Crippen LogP contribution in [0.1, 0.15) is 18.5 Å². The van der Waals surface area contributed by atoms with Crippen LogP contribution < -0.4 is 0 Å². The minimum Gasteiger partial charge on any atom is -0.480 e. The molecule has 1 N–H and O–H groups in total. The Morgan fingerprint density at radius 3 is 2.10 bits per heavy atom. The number of carboxylic acid groups (broad SMARTS) is 1. The van der Waals surface area contributed by atoms with Crippen LogP contribution in [-0.4, -0.2) is 56.4 Å². The lowest BCUT2D eigenvalue weighted by molar-refractivity contribution is -0.138. The molecule has 0 saturated heterocycles. The zero-order valence-corrected chi connectivity index (χ0v) is 12.9. The lowest BCUT2D eigenvalue weighted by atomic mass is 10.1. The molecule has 0 bridgehead atoms. The third-order valence-corrected chi connectivity index (χ3v) is 5.02. The molecule has 1 atom stereocenters. The second-order valence-electron chi connectivity index (χ2n) is 4.84. The fourth-order valence-electron chi connectivity index (χ4n) is 1.73. The minimum atomic E-state index is -3.43. The van der Waals surface area contributed by atoms with E-state index in [1.807, 2.05) is 6.92 Å². The molecule has 0 fully saturated rings. The third kappa shape index (κ3) is 3.78. The van der Waals surface area contributed by atoms with E-state index in [-0.39, 0.29) is 17.5 Å². The van der Waals surface area contributed by atoms with Gasteiger partial charge < -0.3 is 5.11 Å². The zero-order valence-electron chi connectivity index (χ0n) is 12.1. The Balaban J connectivity index is 2.94. The van der Waals surface area contributed by atoms with Gasteiger partial charge in [-0.15, -0.1) is 0 Å². The number of sulfonamides is 1. The molecule has 6 nitrogen and oxygen atoms in total. The summed E-state index contributed by atoms with van der Waals surface area (Å²) < 4.78 is 25.0. The fraction of sp³-hybridized carbons (Fsp3) is 0.462. The highest BCUT2D eigenvalue weighted by Crippen LogP contribution is 2.21. The van der Waals surface area contributed by atoms with Crippen LogP contribution in [-0.2, 0) is 14.8 Å². The normalized spacial score (nSPS) is 13.7. The van der Waals surface area contributed by atoms with Crippen molar-refractivity contribution in [3.63, 3.8) is 0 Å². The summed E-state index contributed by atoms with van der Waals surface area (Å²) in [5.41, 5.74) is 0.867. The highest BCUT2D eigenvalue weighted by Gasteiger charge is 2.18. The number of rotatable bonds is 6. The van der Waals surface area contributed by atoms with Crippen molar-refractivity contribution in [1.82, 2.24) is 9.21 Å². The maximum atomic E-state index is 11.9. The summed E-state index contributed by atoms with van der Waals surface area (Å²) in [7, 11) is 1.24. The van der Waals surface area contributed by atoms with E-state index in [2.05, 4.69) is 0 Å². The van der Waals surface area contributed by atoms with E-state index < -0.39 is 16.0 Å². The van der Waals surface area contributed by atoms with Gasteiger partial charge in [0.25, 0.3) is 0 Å². The van der Waals surface area contributed by atoms with Crippen LogP contribution in [0.4, 0.5) is 0 Å². The first kappa shape index (κ1) is 16.6. The van der Waals surface area contributed by atoms with E-state index in [4.69, 9.17) is 5.11 Å². The van der Waals surface area contributed by atoms with Crippen molar-refractivity contribution < 1.29 is 18.3 Å². The molecule has 0 aliphatic heterocycles. The van der Waals surface area contributed by atoms with Crippen LogP contribution in [0.3, 0.4) is 0 Å². The molecule has 0 amide bonds. The molecule has 0 saturated carbocycles. The maximum absolute atomic E-state index is 11.9. The van der Waals surface area contributed by atoms with Gasteiger partial charge in [0.2, 0.25) is 10.0 Å². The van der Waals surface area contributed by atoms with E-state index in [0.717, 1.165) is 9.87 Å². The first-order valence-electron chi connectivity index (χ1n) is 6.10. The minimum absolute atomic E-state index is 0.0705. The Labute approximate surface area is 119 Å².